The fraction of sp³-hybridized carbons (Fsp3) is 0.267. The molecular weight excluding hydrogens is 256 g/mol. The maximum atomic E-state index is 12.0. The van der Waals surface area contributed by atoms with E-state index in [-0.39, 0.29) is 16.9 Å². The summed E-state index contributed by atoms with van der Waals surface area (Å²) < 4.78 is 6.47. The van der Waals surface area contributed by atoms with Gasteiger partial charge in [0.05, 0.1) is 18.4 Å². The lowest BCUT2D eigenvalue weighted by atomic mass is 10.1. The van der Waals surface area contributed by atoms with Crippen LogP contribution in [0.15, 0.2) is 35.1 Å². The molecule has 0 N–H and O–H groups in total. The van der Waals surface area contributed by atoms with Crippen molar-refractivity contribution in [2.75, 3.05) is 7.11 Å². The molecule has 0 aliphatic carbocycles. The Morgan fingerprint density at radius 1 is 1.35 bits per heavy atom. The predicted molar refractivity (Wildman–Crippen MR) is 76.2 cm³/mol. The van der Waals surface area contributed by atoms with Crippen molar-refractivity contribution >= 4 is 5.78 Å². The van der Waals surface area contributed by atoms with Crippen LogP contribution < -0.4 is 10.3 Å². The zero-order valence-electron chi connectivity index (χ0n) is 11.7. The summed E-state index contributed by atoms with van der Waals surface area (Å²) in [6.07, 6.45) is 0. The summed E-state index contributed by atoms with van der Waals surface area (Å²) >= 11 is 0. The first-order chi connectivity index (χ1) is 9.56. The van der Waals surface area contributed by atoms with Gasteiger partial charge in [0.15, 0.2) is 5.78 Å². The van der Waals surface area contributed by atoms with E-state index in [4.69, 9.17) is 4.74 Å². The number of hydrogen-bond donors (Lipinski definition) is 0. The van der Waals surface area contributed by atoms with Crippen molar-refractivity contribution in [3.8, 4) is 17.0 Å². The Balaban J connectivity index is 2.64. The second-order valence-electron chi connectivity index (χ2n) is 4.35. The third kappa shape index (κ3) is 2.61. The van der Waals surface area contributed by atoms with Crippen molar-refractivity contribution in [2.45, 2.75) is 20.4 Å². The topological polar surface area (TPSA) is 61.2 Å². The number of ether oxygens (including phenoxy) is 1. The van der Waals surface area contributed by atoms with Gasteiger partial charge < -0.3 is 4.74 Å². The van der Waals surface area contributed by atoms with Gasteiger partial charge in [0.25, 0.3) is 5.56 Å². The minimum absolute atomic E-state index is 0.152. The molecule has 2 aromatic rings. The largest absolute Gasteiger partial charge is 0.497 e. The number of carbonyl (C=O) groups is 1. The average Bonchev–Trinajstić information content (AvgIpc) is 2.47. The molecule has 1 aromatic heterocycles. The minimum Gasteiger partial charge on any atom is -0.497 e. The van der Waals surface area contributed by atoms with Crippen LogP contribution in [0, 0.1) is 0 Å². The molecule has 0 aliphatic rings. The lowest BCUT2D eigenvalue weighted by Crippen LogP contribution is -2.27. The Kier molecular flexibility index (Phi) is 3.98. The molecule has 0 bridgehead atoms. The van der Waals surface area contributed by atoms with Crippen molar-refractivity contribution in [3.05, 3.63) is 46.2 Å². The van der Waals surface area contributed by atoms with Crippen LogP contribution in [0.1, 0.15) is 24.2 Å². The van der Waals surface area contributed by atoms with Gasteiger partial charge in [-0.05, 0) is 32.0 Å². The van der Waals surface area contributed by atoms with Crippen molar-refractivity contribution in [1.29, 1.82) is 0 Å². The molecule has 2 rings (SSSR count). The molecule has 0 unspecified atom stereocenters. The highest BCUT2D eigenvalue weighted by molar-refractivity contribution is 5.94. The van der Waals surface area contributed by atoms with E-state index in [0.717, 1.165) is 5.56 Å². The molecule has 1 heterocycles. The summed E-state index contributed by atoms with van der Waals surface area (Å²) in [6, 6.07) is 8.87. The molecule has 0 fully saturated rings. The quantitative estimate of drug-likeness (QED) is 0.800. The van der Waals surface area contributed by atoms with Crippen LogP contribution in [0.5, 0.6) is 5.75 Å². The standard InChI is InChI=1S/C15H16N2O3/c1-4-17-15(19)13(10(2)18)9-14(16-17)11-6-5-7-12(8-11)20-3/h5-9H,4H2,1-3H3. The molecule has 5 nitrogen and oxygen atoms in total. The number of benzene rings is 1. The maximum Gasteiger partial charge on any atom is 0.277 e. The fourth-order valence-corrected chi connectivity index (χ4v) is 1.93. The highest BCUT2D eigenvalue weighted by Gasteiger charge is 2.12. The van der Waals surface area contributed by atoms with Crippen molar-refractivity contribution in [1.82, 2.24) is 9.78 Å². The SMILES string of the molecule is CCn1nc(-c2cccc(OC)c2)cc(C(C)=O)c1=O. The molecule has 0 atom stereocenters. The van der Waals surface area contributed by atoms with Gasteiger partial charge in [-0.1, -0.05) is 12.1 Å². The van der Waals surface area contributed by atoms with Crippen molar-refractivity contribution < 1.29 is 9.53 Å². The molecule has 0 amide bonds. The van der Waals surface area contributed by atoms with Crippen LogP contribution in [0.4, 0.5) is 0 Å². The van der Waals surface area contributed by atoms with Gasteiger partial charge in [-0.25, -0.2) is 4.68 Å². The van der Waals surface area contributed by atoms with E-state index in [2.05, 4.69) is 5.10 Å². The van der Waals surface area contributed by atoms with E-state index in [1.807, 2.05) is 31.2 Å². The highest BCUT2D eigenvalue weighted by atomic mass is 16.5. The minimum atomic E-state index is -0.355. The summed E-state index contributed by atoms with van der Waals surface area (Å²) in [7, 11) is 1.58. The Bertz CT molecular complexity index is 705. The van der Waals surface area contributed by atoms with E-state index < -0.39 is 0 Å². The number of hydrogen-bond acceptors (Lipinski definition) is 4. The third-order valence-corrected chi connectivity index (χ3v) is 3.02. The first-order valence-electron chi connectivity index (χ1n) is 6.34. The summed E-state index contributed by atoms with van der Waals surface area (Å²) in [4.78, 5) is 23.6. The number of aryl methyl sites for hydroxylation is 1. The highest BCUT2D eigenvalue weighted by Crippen LogP contribution is 2.22. The van der Waals surface area contributed by atoms with Gasteiger partial charge in [-0.2, -0.15) is 5.10 Å². The third-order valence-electron chi connectivity index (χ3n) is 3.02. The van der Waals surface area contributed by atoms with Crippen LogP contribution in [0.25, 0.3) is 11.3 Å². The fourth-order valence-electron chi connectivity index (χ4n) is 1.93. The molecule has 0 saturated carbocycles. The molecule has 0 aliphatic heterocycles. The van der Waals surface area contributed by atoms with Gasteiger partial charge in [0.2, 0.25) is 0 Å². The molecule has 5 heteroatoms. The monoisotopic (exact) mass is 272 g/mol. The predicted octanol–water partition coefficient (Wildman–Crippen LogP) is 2.14. The molecule has 0 saturated heterocycles. The number of nitrogens with zero attached hydrogens (tertiary/aromatic N) is 2. The maximum absolute atomic E-state index is 12.0. The number of carbonyl (C=O) groups excluding carboxylic acids is 1. The van der Waals surface area contributed by atoms with Gasteiger partial charge in [0, 0.05) is 12.1 Å². The van der Waals surface area contributed by atoms with Crippen molar-refractivity contribution in [2.24, 2.45) is 0 Å². The number of methoxy groups -OCH3 is 1. The van der Waals surface area contributed by atoms with E-state index in [9.17, 15) is 9.59 Å². The normalized spacial score (nSPS) is 10.3. The zero-order chi connectivity index (χ0) is 14.7. The van der Waals surface area contributed by atoms with Crippen LogP contribution in [-0.2, 0) is 6.54 Å². The molecule has 1 aromatic carbocycles. The van der Waals surface area contributed by atoms with E-state index in [1.54, 1.807) is 7.11 Å². The van der Waals surface area contributed by atoms with Crippen LogP contribution in [-0.4, -0.2) is 22.7 Å². The number of Topliss-reactive ketones (excluding diaryl/α,β-unsaturated/α-hetero) is 1. The first-order valence-corrected chi connectivity index (χ1v) is 6.34. The molecule has 0 radical (unpaired) electrons. The number of ketones is 1. The zero-order valence-corrected chi connectivity index (χ0v) is 11.7. The van der Waals surface area contributed by atoms with Crippen LogP contribution in [0.3, 0.4) is 0 Å². The summed E-state index contributed by atoms with van der Waals surface area (Å²) in [5.41, 5.74) is 1.18. The van der Waals surface area contributed by atoms with Crippen LogP contribution in [0.2, 0.25) is 0 Å². The van der Waals surface area contributed by atoms with E-state index in [1.165, 1.54) is 17.7 Å². The van der Waals surface area contributed by atoms with Crippen molar-refractivity contribution in [3.63, 3.8) is 0 Å². The molecular formula is C15H16N2O3. The van der Waals surface area contributed by atoms with Crippen LogP contribution >= 0.6 is 0 Å². The lowest BCUT2D eigenvalue weighted by Gasteiger charge is -2.08. The summed E-state index contributed by atoms with van der Waals surface area (Å²) in [5, 5.41) is 4.28. The Morgan fingerprint density at radius 2 is 2.10 bits per heavy atom. The van der Waals surface area contributed by atoms with Gasteiger partial charge in [0.1, 0.15) is 5.75 Å². The lowest BCUT2D eigenvalue weighted by molar-refractivity contribution is 0.101. The number of aromatic nitrogens is 2. The number of rotatable bonds is 4. The van der Waals surface area contributed by atoms with E-state index in [0.29, 0.717) is 18.0 Å². The summed E-state index contributed by atoms with van der Waals surface area (Å²) in [5.74, 6) is 0.437. The smallest absolute Gasteiger partial charge is 0.277 e. The van der Waals surface area contributed by atoms with Gasteiger partial charge in [-0.15, -0.1) is 0 Å². The van der Waals surface area contributed by atoms with E-state index >= 15 is 0 Å². The Hall–Kier alpha value is -2.43. The molecule has 104 valence electrons. The Morgan fingerprint density at radius 3 is 2.70 bits per heavy atom. The van der Waals surface area contributed by atoms with Gasteiger partial charge >= 0.3 is 0 Å². The van der Waals surface area contributed by atoms with Gasteiger partial charge in [-0.3, -0.25) is 9.59 Å². The Labute approximate surface area is 116 Å². The molecule has 0 spiro atoms. The molecule has 20 heavy (non-hydrogen) atoms. The first kappa shape index (κ1) is 14.0. The summed E-state index contributed by atoms with van der Waals surface area (Å²) in [6.45, 7) is 3.61. The average molecular weight is 272 g/mol. The second-order valence-corrected chi connectivity index (χ2v) is 4.35. The second kappa shape index (κ2) is 5.69.